The van der Waals surface area contributed by atoms with Gasteiger partial charge in [-0.3, -0.25) is 0 Å². The molecule has 1 rings (SSSR count). The first-order valence-corrected chi connectivity index (χ1v) is 6.27. The van der Waals surface area contributed by atoms with Gasteiger partial charge in [0.25, 0.3) is 0 Å². The smallest absolute Gasteiger partial charge is 0.0795 e. The maximum atomic E-state index is 4.36. The number of hydrogen-bond donors (Lipinski definition) is 1. The quantitative estimate of drug-likeness (QED) is 0.783. The first-order chi connectivity index (χ1) is 6.77. The van der Waals surface area contributed by atoms with Gasteiger partial charge in [-0.25, -0.2) is 4.98 Å². The molecule has 3 heteroatoms. The minimum atomic E-state index is 0.433. The summed E-state index contributed by atoms with van der Waals surface area (Å²) in [4.78, 5) is 4.36. The molecule has 0 fully saturated rings. The Morgan fingerprint density at radius 3 is 2.86 bits per heavy atom. The van der Waals surface area contributed by atoms with Gasteiger partial charge in [-0.15, -0.1) is 11.3 Å². The van der Waals surface area contributed by atoms with Crippen molar-refractivity contribution in [2.24, 2.45) is 5.92 Å². The van der Waals surface area contributed by atoms with Gasteiger partial charge in [0.1, 0.15) is 0 Å². The van der Waals surface area contributed by atoms with Crippen LogP contribution in [0, 0.1) is 5.92 Å². The third kappa shape index (κ3) is 3.39. The fourth-order valence-electron chi connectivity index (χ4n) is 1.79. The Morgan fingerprint density at radius 2 is 2.36 bits per heavy atom. The number of hydrogen-bond acceptors (Lipinski definition) is 3. The molecular formula is C11H20N2S. The molecule has 0 aliphatic carbocycles. The molecular weight excluding hydrogens is 192 g/mol. The predicted molar refractivity (Wildman–Crippen MR) is 62.6 cm³/mol. The van der Waals surface area contributed by atoms with E-state index in [-0.39, 0.29) is 0 Å². The second-order valence-corrected chi connectivity index (χ2v) is 4.60. The zero-order chi connectivity index (χ0) is 10.4. The molecule has 0 aromatic carbocycles. The molecule has 0 aliphatic rings. The molecule has 2 unspecified atom stereocenters. The molecule has 0 bridgehead atoms. The Bertz CT molecular complexity index is 233. The number of aromatic nitrogens is 1. The molecule has 0 radical (unpaired) electrons. The van der Waals surface area contributed by atoms with Crippen molar-refractivity contribution < 1.29 is 0 Å². The summed E-state index contributed by atoms with van der Waals surface area (Å²) in [7, 11) is 2.02. The predicted octanol–water partition coefficient (Wildman–Crippen LogP) is 3.23. The monoisotopic (exact) mass is 212 g/mol. The van der Waals surface area contributed by atoms with Crippen molar-refractivity contribution in [3.8, 4) is 0 Å². The van der Waals surface area contributed by atoms with E-state index < -0.39 is 0 Å². The van der Waals surface area contributed by atoms with E-state index in [0.29, 0.717) is 6.04 Å². The normalized spacial score (nSPS) is 15.4. The largest absolute Gasteiger partial charge is 0.312 e. The highest BCUT2D eigenvalue weighted by Crippen LogP contribution is 2.23. The average molecular weight is 212 g/mol. The summed E-state index contributed by atoms with van der Waals surface area (Å²) in [6, 6.07) is 0.433. The van der Waals surface area contributed by atoms with Crippen LogP contribution in [-0.4, -0.2) is 12.0 Å². The van der Waals surface area contributed by atoms with Gasteiger partial charge in [0.2, 0.25) is 0 Å². The fourth-order valence-corrected chi connectivity index (χ4v) is 2.40. The highest BCUT2D eigenvalue weighted by Gasteiger charge is 2.14. The van der Waals surface area contributed by atoms with Gasteiger partial charge in [0.05, 0.1) is 17.2 Å². The van der Waals surface area contributed by atoms with Gasteiger partial charge in [0, 0.05) is 5.38 Å². The van der Waals surface area contributed by atoms with Crippen LogP contribution in [-0.2, 0) is 0 Å². The molecule has 0 saturated carbocycles. The van der Waals surface area contributed by atoms with Gasteiger partial charge in [-0.2, -0.15) is 0 Å². The number of nitrogens with zero attached hydrogens (tertiary/aromatic N) is 1. The summed E-state index contributed by atoms with van der Waals surface area (Å²) >= 11 is 1.67. The van der Waals surface area contributed by atoms with E-state index in [1.54, 1.807) is 11.3 Å². The molecule has 2 atom stereocenters. The average Bonchev–Trinajstić information content (AvgIpc) is 2.67. The van der Waals surface area contributed by atoms with Crippen molar-refractivity contribution in [3.05, 3.63) is 16.6 Å². The zero-order valence-corrected chi connectivity index (χ0v) is 10.1. The van der Waals surface area contributed by atoms with E-state index >= 15 is 0 Å². The second-order valence-electron chi connectivity index (χ2n) is 3.88. The Balaban J connectivity index is 2.47. The number of thiazole rings is 1. The van der Waals surface area contributed by atoms with Crippen LogP contribution in [0.3, 0.4) is 0 Å². The first-order valence-electron chi connectivity index (χ1n) is 5.33. The van der Waals surface area contributed by atoms with Crippen molar-refractivity contribution in [1.29, 1.82) is 0 Å². The van der Waals surface area contributed by atoms with E-state index in [0.717, 1.165) is 5.92 Å². The van der Waals surface area contributed by atoms with E-state index in [4.69, 9.17) is 0 Å². The van der Waals surface area contributed by atoms with Crippen molar-refractivity contribution in [2.45, 2.75) is 39.2 Å². The lowest BCUT2D eigenvalue weighted by Crippen LogP contribution is -2.19. The van der Waals surface area contributed by atoms with Crippen LogP contribution < -0.4 is 5.32 Å². The van der Waals surface area contributed by atoms with Crippen LogP contribution in [0.25, 0.3) is 0 Å². The van der Waals surface area contributed by atoms with E-state index in [2.05, 4.69) is 29.5 Å². The van der Waals surface area contributed by atoms with E-state index in [1.807, 2.05) is 12.6 Å². The highest BCUT2D eigenvalue weighted by molar-refractivity contribution is 7.07. The van der Waals surface area contributed by atoms with Crippen molar-refractivity contribution in [1.82, 2.24) is 10.3 Å². The molecule has 1 aromatic heterocycles. The Kier molecular flexibility index (Phi) is 5.12. The summed E-state index contributed by atoms with van der Waals surface area (Å²) in [6.45, 7) is 4.56. The van der Waals surface area contributed by atoms with Crippen LogP contribution in [0.4, 0.5) is 0 Å². The van der Waals surface area contributed by atoms with Crippen LogP contribution >= 0.6 is 11.3 Å². The summed E-state index contributed by atoms with van der Waals surface area (Å²) in [5.74, 6) is 0.777. The molecule has 1 aromatic rings. The van der Waals surface area contributed by atoms with Gasteiger partial charge >= 0.3 is 0 Å². The summed E-state index contributed by atoms with van der Waals surface area (Å²) < 4.78 is 0. The molecule has 1 N–H and O–H groups in total. The van der Waals surface area contributed by atoms with Crippen LogP contribution in [0.5, 0.6) is 0 Å². The first kappa shape index (κ1) is 11.7. The molecule has 14 heavy (non-hydrogen) atoms. The lowest BCUT2D eigenvalue weighted by Gasteiger charge is -2.18. The minimum absolute atomic E-state index is 0.433. The molecule has 80 valence electrons. The lowest BCUT2D eigenvalue weighted by molar-refractivity contribution is 0.402. The number of nitrogens with one attached hydrogen (secondary N) is 1. The fraction of sp³-hybridized carbons (Fsp3) is 0.727. The molecule has 1 heterocycles. The van der Waals surface area contributed by atoms with Gasteiger partial charge in [-0.05, 0) is 19.4 Å². The van der Waals surface area contributed by atoms with Crippen molar-refractivity contribution in [3.63, 3.8) is 0 Å². The highest BCUT2D eigenvalue weighted by atomic mass is 32.1. The summed E-state index contributed by atoms with van der Waals surface area (Å²) in [6.07, 6.45) is 3.77. The topological polar surface area (TPSA) is 24.9 Å². The van der Waals surface area contributed by atoms with Crippen LogP contribution in [0.1, 0.15) is 44.8 Å². The van der Waals surface area contributed by atoms with E-state index in [1.165, 1.54) is 25.0 Å². The van der Waals surface area contributed by atoms with Crippen LogP contribution in [0.2, 0.25) is 0 Å². The third-order valence-electron chi connectivity index (χ3n) is 2.58. The summed E-state index contributed by atoms with van der Waals surface area (Å²) in [5, 5.41) is 5.48. The molecule has 0 amide bonds. The van der Waals surface area contributed by atoms with Gasteiger partial charge in [0.15, 0.2) is 0 Å². The van der Waals surface area contributed by atoms with E-state index in [9.17, 15) is 0 Å². The molecule has 0 saturated heterocycles. The Morgan fingerprint density at radius 1 is 1.57 bits per heavy atom. The van der Waals surface area contributed by atoms with Gasteiger partial charge < -0.3 is 5.32 Å². The standard InChI is InChI=1S/C11H20N2S/c1-4-5-9(2)6-10(12-3)11-7-14-8-13-11/h7-10,12H,4-6H2,1-3H3. The lowest BCUT2D eigenvalue weighted by atomic mass is 9.96. The number of rotatable bonds is 6. The maximum Gasteiger partial charge on any atom is 0.0795 e. The van der Waals surface area contributed by atoms with Crippen molar-refractivity contribution in [2.75, 3.05) is 7.05 Å². The molecule has 0 aliphatic heterocycles. The van der Waals surface area contributed by atoms with Crippen LogP contribution in [0.15, 0.2) is 10.9 Å². The zero-order valence-electron chi connectivity index (χ0n) is 9.29. The van der Waals surface area contributed by atoms with Crippen molar-refractivity contribution >= 4 is 11.3 Å². The Labute approximate surface area is 90.8 Å². The summed E-state index contributed by atoms with van der Waals surface area (Å²) in [5.41, 5.74) is 3.10. The molecule has 0 spiro atoms. The second kappa shape index (κ2) is 6.14. The Hall–Kier alpha value is -0.410. The molecule has 2 nitrogen and oxygen atoms in total. The third-order valence-corrected chi connectivity index (χ3v) is 3.18. The van der Waals surface area contributed by atoms with Gasteiger partial charge in [-0.1, -0.05) is 26.7 Å². The SMILES string of the molecule is CCCC(C)CC(NC)c1cscn1. The maximum absolute atomic E-state index is 4.36. The minimum Gasteiger partial charge on any atom is -0.312 e.